The van der Waals surface area contributed by atoms with Crippen molar-refractivity contribution < 1.29 is 24.0 Å². The zero-order valence-electron chi connectivity index (χ0n) is 21.0. The van der Waals surface area contributed by atoms with E-state index in [1.807, 2.05) is 48.6 Å². The van der Waals surface area contributed by atoms with E-state index in [1.165, 1.54) is 0 Å². The molecule has 1 aromatic rings. The van der Waals surface area contributed by atoms with Crippen LogP contribution in [0.1, 0.15) is 19.4 Å². The van der Waals surface area contributed by atoms with Crippen LogP contribution in [0.3, 0.4) is 0 Å². The summed E-state index contributed by atoms with van der Waals surface area (Å²) in [7, 11) is 0. The summed E-state index contributed by atoms with van der Waals surface area (Å²) in [6.07, 6.45) is 17.9. The summed E-state index contributed by atoms with van der Waals surface area (Å²) >= 11 is 0. The Morgan fingerprint density at radius 2 is 1.58 bits per heavy atom. The highest BCUT2D eigenvalue weighted by Crippen LogP contribution is 2.37. The smallest absolute Gasteiger partial charge is 0.199 e. The molecule has 2 aliphatic rings. The summed E-state index contributed by atoms with van der Waals surface area (Å²) < 4.78 is 12.9. The maximum absolute atomic E-state index is 12.9. The van der Waals surface area contributed by atoms with Gasteiger partial charge in [-0.3, -0.25) is 4.79 Å². The second kappa shape index (κ2) is 13.3. The van der Waals surface area contributed by atoms with Crippen molar-refractivity contribution in [1.82, 2.24) is 0 Å². The monoisotopic (exact) mass is 484 g/mol. The Balaban J connectivity index is 1.72. The number of nitrogens with zero attached hydrogens (tertiary/aromatic N) is 2. The van der Waals surface area contributed by atoms with Gasteiger partial charge in [-0.15, -0.1) is 12.8 Å². The van der Waals surface area contributed by atoms with Gasteiger partial charge < -0.3 is 19.5 Å². The first-order valence-electron chi connectivity index (χ1n) is 12.1. The summed E-state index contributed by atoms with van der Waals surface area (Å²) in [5.41, 5.74) is 3.74. The molecule has 1 aromatic carbocycles. The number of Topliss-reactive ketones (excluding diaryl/α,β-unsaturated/α-hetero) is 1. The Morgan fingerprint density at radius 1 is 0.944 bits per heavy atom. The van der Waals surface area contributed by atoms with Crippen LogP contribution in [0, 0.1) is 24.7 Å². The van der Waals surface area contributed by atoms with E-state index in [0.29, 0.717) is 50.7 Å². The molecule has 0 unspecified atom stereocenters. The number of carbonyl (C=O) groups excluding carboxylic acids is 1. The van der Waals surface area contributed by atoms with Crippen LogP contribution >= 0.6 is 0 Å². The van der Waals surface area contributed by atoms with Crippen molar-refractivity contribution in [3.05, 3.63) is 71.0 Å². The maximum Gasteiger partial charge on any atom is 0.199 e. The van der Waals surface area contributed by atoms with Crippen LogP contribution in [-0.4, -0.2) is 68.7 Å². The van der Waals surface area contributed by atoms with Crippen LogP contribution in [0.25, 0.3) is 5.57 Å². The second-order valence-electron chi connectivity index (χ2n) is 8.17. The molecule has 3 rings (SSSR count). The van der Waals surface area contributed by atoms with Crippen LogP contribution in [0.5, 0.6) is 0 Å². The predicted octanol–water partition coefficient (Wildman–Crippen LogP) is 2.36. The first-order chi connectivity index (χ1) is 17.5. The van der Waals surface area contributed by atoms with Gasteiger partial charge in [0.1, 0.15) is 26.4 Å². The number of carbonyl (C=O) groups is 1. The lowest BCUT2D eigenvalue weighted by molar-refractivity contribution is -0.525. The molecule has 186 valence electrons. The van der Waals surface area contributed by atoms with E-state index in [2.05, 4.69) is 35.2 Å². The van der Waals surface area contributed by atoms with Crippen LogP contribution in [0.2, 0.25) is 0 Å². The largest absolute Gasteiger partial charge is 0.871 e. The molecule has 0 atom stereocenters. The molecule has 0 saturated carbocycles. The Morgan fingerprint density at radius 3 is 2.14 bits per heavy atom. The molecule has 2 aliphatic carbocycles. The molecule has 0 fully saturated rings. The summed E-state index contributed by atoms with van der Waals surface area (Å²) in [4.78, 5) is 15.1. The Labute approximate surface area is 213 Å². The van der Waals surface area contributed by atoms with Gasteiger partial charge in [-0.2, -0.15) is 0 Å². The number of hydrogen-bond donors (Lipinski definition) is 0. The van der Waals surface area contributed by atoms with Crippen LogP contribution in [0.15, 0.2) is 65.5 Å². The topological polar surface area (TPSA) is 64.8 Å². The zero-order valence-corrected chi connectivity index (χ0v) is 21.0. The summed E-state index contributed by atoms with van der Waals surface area (Å²) in [6, 6.07) is 7.50. The number of allylic oxidation sites excluding steroid dienone is 7. The fourth-order valence-electron chi connectivity index (χ4n) is 4.15. The van der Waals surface area contributed by atoms with E-state index in [9.17, 15) is 9.90 Å². The third kappa shape index (κ3) is 6.23. The van der Waals surface area contributed by atoms with Gasteiger partial charge in [0.25, 0.3) is 0 Å². The molecule has 0 saturated heterocycles. The van der Waals surface area contributed by atoms with E-state index in [1.54, 1.807) is 0 Å². The van der Waals surface area contributed by atoms with Gasteiger partial charge in [-0.1, -0.05) is 29.7 Å². The molecular formula is C30H32N2O4. The molecular weight excluding hydrogens is 452 g/mol. The molecule has 0 aromatic heterocycles. The SMILES string of the molecule is C#CCOCCN(CC)c1ccc(C2=C([O-])C(=C3C=CC(=[N+](CC)CCOCC#C)C=C3)C2=O)cc1. The lowest BCUT2D eigenvalue weighted by Crippen LogP contribution is -2.30. The highest BCUT2D eigenvalue weighted by atomic mass is 16.5. The van der Waals surface area contributed by atoms with Gasteiger partial charge >= 0.3 is 0 Å². The number of rotatable bonds is 12. The number of benzene rings is 1. The standard InChI is InChI=1S/C30H32N2O4/c1-5-19-35-21-17-31(7-3)25-13-9-23(10-14-25)27-29(33)28(30(27)34)24-11-15-26(16-12-24)32(8-4)18-22-36-20-6-2/h1-2,9-16H,7-8,17-22H2,3-4H3. The highest BCUT2D eigenvalue weighted by molar-refractivity contribution is 6.39. The molecule has 0 spiro atoms. The Bertz CT molecular complexity index is 1180. The molecule has 0 aliphatic heterocycles. The molecule has 6 nitrogen and oxygen atoms in total. The van der Waals surface area contributed by atoms with E-state index in [0.717, 1.165) is 24.5 Å². The number of ether oxygens (including phenoxy) is 2. The van der Waals surface area contributed by atoms with E-state index >= 15 is 0 Å². The fraction of sp³-hybridized carbons (Fsp3) is 0.333. The van der Waals surface area contributed by atoms with Crippen LogP contribution < -0.4 is 10.0 Å². The van der Waals surface area contributed by atoms with E-state index in [-0.39, 0.29) is 22.7 Å². The molecule has 36 heavy (non-hydrogen) atoms. The van der Waals surface area contributed by atoms with E-state index in [4.69, 9.17) is 22.3 Å². The predicted molar refractivity (Wildman–Crippen MR) is 142 cm³/mol. The van der Waals surface area contributed by atoms with Crippen molar-refractivity contribution in [2.45, 2.75) is 13.8 Å². The Kier molecular flexibility index (Phi) is 9.89. The average Bonchev–Trinajstić information content (AvgIpc) is 2.90. The minimum Gasteiger partial charge on any atom is -0.871 e. The molecule has 0 N–H and O–H groups in total. The lowest BCUT2D eigenvalue weighted by atomic mass is 9.80. The van der Waals surface area contributed by atoms with E-state index < -0.39 is 0 Å². The number of likely N-dealkylation sites (N-methyl/N-ethyl adjacent to an activating group) is 2. The summed E-state index contributed by atoms with van der Waals surface area (Å²) in [5.74, 6) is 4.48. The normalized spacial score (nSPS) is 14.6. The second-order valence-corrected chi connectivity index (χ2v) is 8.17. The molecule has 0 heterocycles. The number of ketones is 1. The first-order valence-corrected chi connectivity index (χ1v) is 12.1. The highest BCUT2D eigenvalue weighted by Gasteiger charge is 2.30. The number of anilines is 1. The zero-order chi connectivity index (χ0) is 25.9. The average molecular weight is 485 g/mol. The minimum absolute atomic E-state index is 0.217. The maximum atomic E-state index is 12.9. The van der Waals surface area contributed by atoms with Gasteiger partial charge in [0.2, 0.25) is 0 Å². The third-order valence-corrected chi connectivity index (χ3v) is 6.10. The third-order valence-electron chi connectivity index (χ3n) is 6.10. The lowest BCUT2D eigenvalue weighted by Gasteiger charge is -2.32. The van der Waals surface area contributed by atoms with Crippen molar-refractivity contribution in [3.63, 3.8) is 0 Å². The van der Waals surface area contributed by atoms with Crippen LogP contribution in [0.4, 0.5) is 5.69 Å². The van der Waals surface area contributed by atoms with Gasteiger partial charge in [0, 0.05) is 42.1 Å². The summed E-state index contributed by atoms with van der Waals surface area (Å²) in [5, 5.41) is 12.9. The van der Waals surface area contributed by atoms with Gasteiger partial charge in [-0.05, 0) is 49.3 Å². The number of terminal acetylenes is 2. The minimum atomic E-state index is -0.217. The Hall–Kier alpha value is -3.84. The van der Waals surface area contributed by atoms with Crippen molar-refractivity contribution in [1.29, 1.82) is 0 Å². The van der Waals surface area contributed by atoms with Gasteiger partial charge in [0.05, 0.1) is 6.61 Å². The van der Waals surface area contributed by atoms with Crippen molar-refractivity contribution in [2.75, 3.05) is 57.5 Å². The number of hydrogen-bond acceptors (Lipinski definition) is 5. The molecule has 6 heteroatoms. The molecule has 0 radical (unpaired) electrons. The van der Waals surface area contributed by atoms with Crippen molar-refractivity contribution in [2.24, 2.45) is 0 Å². The van der Waals surface area contributed by atoms with Gasteiger partial charge in [0.15, 0.2) is 18.0 Å². The van der Waals surface area contributed by atoms with Gasteiger partial charge in [-0.25, -0.2) is 4.58 Å². The quantitative estimate of drug-likeness (QED) is 0.197. The fourth-order valence-corrected chi connectivity index (χ4v) is 4.15. The first kappa shape index (κ1) is 26.8. The molecule has 0 amide bonds. The molecule has 0 bridgehead atoms. The van der Waals surface area contributed by atoms with Crippen LogP contribution in [-0.2, 0) is 14.3 Å². The van der Waals surface area contributed by atoms with Crippen molar-refractivity contribution in [3.8, 4) is 24.7 Å². The van der Waals surface area contributed by atoms with Crippen molar-refractivity contribution >= 4 is 22.8 Å². The summed E-state index contributed by atoms with van der Waals surface area (Å²) in [6.45, 7) is 8.76.